The van der Waals surface area contributed by atoms with Crippen molar-refractivity contribution < 1.29 is 0 Å². The van der Waals surface area contributed by atoms with Crippen molar-refractivity contribution in [2.24, 2.45) is 11.3 Å². The smallest absolute Gasteiger partial charge is 0.0254 e. The van der Waals surface area contributed by atoms with Crippen LogP contribution in [-0.2, 0) is 0 Å². The maximum Gasteiger partial charge on any atom is 0.0254 e. The van der Waals surface area contributed by atoms with Gasteiger partial charge in [0, 0.05) is 18.1 Å². The molecule has 0 spiro atoms. The van der Waals surface area contributed by atoms with Crippen LogP contribution in [0.5, 0.6) is 0 Å². The van der Waals surface area contributed by atoms with Crippen LogP contribution in [0, 0.1) is 11.3 Å². The van der Waals surface area contributed by atoms with Crippen LogP contribution in [0.15, 0.2) is 0 Å². The molecule has 2 heteroatoms. The van der Waals surface area contributed by atoms with E-state index in [1.807, 2.05) is 0 Å². The highest BCUT2D eigenvalue weighted by atomic mass is 15.2. The number of rotatable bonds is 5. The fourth-order valence-corrected chi connectivity index (χ4v) is 3.92. The number of nitrogens with one attached hydrogen (secondary N) is 1. The summed E-state index contributed by atoms with van der Waals surface area (Å²) in [6.45, 7) is 10.9. The Balaban J connectivity index is 2.07. The fourth-order valence-electron chi connectivity index (χ4n) is 3.92. The zero-order valence-electron chi connectivity index (χ0n) is 13.7. The van der Waals surface area contributed by atoms with Crippen LogP contribution in [0.4, 0.5) is 0 Å². The second kappa shape index (κ2) is 6.13. The van der Waals surface area contributed by atoms with Crippen molar-refractivity contribution in [3.8, 4) is 0 Å². The molecule has 2 aliphatic carbocycles. The van der Waals surface area contributed by atoms with Crippen molar-refractivity contribution >= 4 is 0 Å². The molecule has 0 aromatic carbocycles. The van der Waals surface area contributed by atoms with E-state index in [-0.39, 0.29) is 0 Å². The molecular weight excluding hydrogens is 232 g/mol. The minimum Gasteiger partial charge on any atom is -0.315 e. The molecule has 1 N–H and O–H groups in total. The maximum absolute atomic E-state index is 3.61. The topological polar surface area (TPSA) is 15.3 Å². The minimum absolute atomic E-state index is 0.471. The Morgan fingerprint density at radius 3 is 2.26 bits per heavy atom. The maximum atomic E-state index is 3.61. The molecule has 0 saturated heterocycles. The van der Waals surface area contributed by atoms with E-state index >= 15 is 0 Å². The zero-order valence-corrected chi connectivity index (χ0v) is 13.7. The van der Waals surface area contributed by atoms with Gasteiger partial charge in [-0.25, -0.2) is 0 Å². The van der Waals surface area contributed by atoms with Gasteiger partial charge in [-0.3, -0.25) is 4.90 Å². The lowest BCUT2D eigenvalue weighted by molar-refractivity contribution is 0.0554. The molecule has 0 radical (unpaired) electrons. The lowest BCUT2D eigenvalue weighted by Crippen LogP contribution is -2.54. The van der Waals surface area contributed by atoms with Gasteiger partial charge in [0.05, 0.1) is 0 Å². The number of nitrogens with zero attached hydrogens (tertiary/aromatic N) is 1. The number of likely N-dealkylation sites (N-methyl/N-ethyl adjacent to an activating group) is 1. The van der Waals surface area contributed by atoms with Gasteiger partial charge in [-0.2, -0.15) is 0 Å². The average Bonchev–Trinajstić information content (AvgIpc) is 3.18. The summed E-state index contributed by atoms with van der Waals surface area (Å²) in [6.07, 6.45) is 8.32. The third-order valence-corrected chi connectivity index (χ3v) is 5.34. The highest BCUT2D eigenvalue weighted by molar-refractivity contribution is 4.98. The van der Waals surface area contributed by atoms with Crippen molar-refractivity contribution in [2.75, 3.05) is 13.6 Å². The largest absolute Gasteiger partial charge is 0.315 e. The van der Waals surface area contributed by atoms with Crippen molar-refractivity contribution in [1.29, 1.82) is 0 Å². The molecule has 2 saturated carbocycles. The minimum atomic E-state index is 0.471. The van der Waals surface area contributed by atoms with Gasteiger partial charge in [-0.15, -0.1) is 0 Å². The Kier molecular flexibility index (Phi) is 4.94. The van der Waals surface area contributed by atoms with Crippen molar-refractivity contribution in [2.45, 2.75) is 84.3 Å². The summed E-state index contributed by atoms with van der Waals surface area (Å²) in [5, 5.41) is 3.61. The molecule has 3 unspecified atom stereocenters. The second-order valence-electron chi connectivity index (χ2n) is 7.81. The van der Waals surface area contributed by atoms with E-state index in [0.717, 1.165) is 18.0 Å². The van der Waals surface area contributed by atoms with E-state index in [2.05, 4.69) is 45.0 Å². The molecule has 2 aliphatic rings. The molecule has 0 aromatic heterocycles. The van der Waals surface area contributed by atoms with Crippen LogP contribution in [0.1, 0.15) is 66.2 Å². The first-order chi connectivity index (χ1) is 8.97. The van der Waals surface area contributed by atoms with Gasteiger partial charge in [0.1, 0.15) is 0 Å². The Morgan fingerprint density at radius 2 is 1.79 bits per heavy atom. The van der Waals surface area contributed by atoms with Gasteiger partial charge in [-0.05, 0) is 63.5 Å². The van der Waals surface area contributed by atoms with Crippen LogP contribution < -0.4 is 5.32 Å². The predicted octanol–water partition coefficient (Wildman–Crippen LogP) is 3.66. The van der Waals surface area contributed by atoms with Gasteiger partial charge in [-0.1, -0.05) is 27.7 Å². The molecular formula is C17H34N2. The Bertz CT molecular complexity index is 277. The molecule has 2 rings (SSSR count). The molecule has 0 aliphatic heterocycles. The van der Waals surface area contributed by atoms with Crippen molar-refractivity contribution in [3.63, 3.8) is 0 Å². The molecule has 112 valence electrons. The zero-order chi connectivity index (χ0) is 14.0. The van der Waals surface area contributed by atoms with Crippen LogP contribution in [0.3, 0.4) is 0 Å². The standard InChI is InChI=1S/C17H34N2/c1-6-11-19(14-8-9-14)16-12-13(17(2,3)4)7-10-15(16)18-5/h13-16,18H,6-12H2,1-5H3. The molecule has 0 amide bonds. The van der Waals surface area contributed by atoms with E-state index in [4.69, 9.17) is 0 Å². The Morgan fingerprint density at radius 1 is 1.11 bits per heavy atom. The van der Waals surface area contributed by atoms with Crippen LogP contribution >= 0.6 is 0 Å². The first-order valence-corrected chi connectivity index (χ1v) is 8.40. The molecule has 0 heterocycles. The summed E-state index contributed by atoms with van der Waals surface area (Å²) in [4.78, 5) is 2.85. The van der Waals surface area contributed by atoms with Crippen LogP contribution in [0.2, 0.25) is 0 Å². The summed E-state index contributed by atoms with van der Waals surface area (Å²) in [5.74, 6) is 0.889. The van der Waals surface area contributed by atoms with Gasteiger partial charge >= 0.3 is 0 Å². The number of hydrogen-bond donors (Lipinski definition) is 1. The van der Waals surface area contributed by atoms with Crippen molar-refractivity contribution in [1.82, 2.24) is 10.2 Å². The summed E-state index contributed by atoms with van der Waals surface area (Å²) in [6, 6.07) is 2.39. The quantitative estimate of drug-likeness (QED) is 0.817. The average molecular weight is 266 g/mol. The molecule has 19 heavy (non-hydrogen) atoms. The molecule has 0 bridgehead atoms. The first-order valence-electron chi connectivity index (χ1n) is 8.40. The molecule has 3 atom stereocenters. The normalized spacial score (nSPS) is 32.8. The van der Waals surface area contributed by atoms with E-state index in [0.29, 0.717) is 11.5 Å². The molecule has 2 nitrogen and oxygen atoms in total. The third-order valence-electron chi connectivity index (χ3n) is 5.34. The second-order valence-corrected chi connectivity index (χ2v) is 7.81. The fraction of sp³-hybridized carbons (Fsp3) is 1.00. The Labute approximate surface area is 120 Å². The summed E-state index contributed by atoms with van der Waals surface area (Å²) in [7, 11) is 2.16. The van der Waals surface area contributed by atoms with E-state index < -0.39 is 0 Å². The lowest BCUT2D eigenvalue weighted by Gasteiger charge is -2.46. The molecule has 0 aromatic rings. The number of hydrogen-bond acceptors (Lipinski definition) is 2. The highest BCUT2D eigenvalue weighted by Crippen LogP contribution is 2.41. The highest BCUT2D eigenvalue weighted by Gasteiger charge is 2.42. The third kappa shape index (κ3) is 3.72. The van der Waals surface area contributed by atoms with Crippen molar-refractivity contribution in [3.05, 3.63) is 0 Å². The summed E-state index contributed by atoms with van der Waals surface area (Å²) >= 11 is 0. The van der Waals surface area contributed by atoms with E-state index in [1.54, 1.807) is 0 Å². The first kappa shape index (κ1) is 15.3. The molecule has 2 fully saturated rings. The van der Waals surface area contributed by atoms with E-state index in [9.17, 15) is 0 Å². The van der Waals surface area contributed by atoms with Gasteiger partial charge in [0.2, 0.25) is 0 Å². The van der Waals surface area contributed by atoms with Crippen LogP contribution in [-0.4, -0.2) is 36.6 Å². The van der Waals surface area contributed by atoms with Gasteiger partial charge < -0.3 is 5.32 Å². The lowest BCUT2D eigenvalue weighted by atomic mass is 9.69. The summed E-state index contributed by atoms with van der Waals surface area (Å²) in [5.41, 5.74) is 0.471. The predicted molar refractivity (Wildman–Crippen MR) is 83.5 cm³/mol. The SMILES string of the molecule is CCCN(C1CC1)C1CC(C(C)(C)C)CCC1NC. The van der Waals surface area contributed by atoms with Gasteiger partial charge in [0.15, 0.2) is 0 Å². The van der Waals surface area contributed by atoms with Gasteiger partial charge in [0.25, 0.3) is 0 Å². The summed E-state index contributed by atoms with van der Waals surface area (Å²) < 4.78 is 0. The Hall–Kier alpha value is -0.0800. The monoisotopic (exact) mass is 266 g/mol. The van der Waals surface area contributed by atoms with Crippen LogP contribution in [0.25, 0.3) is 0 Å². The van der Waals surface area contributed by atoms with E-state index in [1.165, 1.54) is 45.1 Å².